The smallest absolute Gasteiger partial charge is 0.416 e. The standard InChI is InChI=1S/C12H12F3NO3/c1-7(17)16-10(6-11(18)19)8-4-2-3-5-9(8)12(13,14)15/h2-5,10H,6H2,1H3,(H,16,17)(H,18,19)/t10-/m0/s1. The minimum absolute atomic E-state index is 0.257. The number of carboxylic acid groups (broad SMARTS) is 1. The Kier molecular flexibility index (Phi) is 4.52. The van der Waals surface area contributed by atoms with E-state index in [0.717, 1.165) is 19.1 Å². The van der Waals surface area contributed by atoms with E-state index in [2.05, 4.69) is 5.32 Å². The Morgan fingerprint density at radius 2 is 1.89 bits per heavy atom. The number of aliphatic carboxylic acids is 1. The third-order valence-electron chi connectivity index (χ3n) is 2.40. The molecule has 0 radical (unpaired) electrons. The first-order valence-electron chi connectivity index (χ1n) is 5.37. The quantitative estimate of drug-likeness (QED) is 0.886. The molecule has 2 N–H and O–H groups in total. The lowest BCUT2D eigenvalue weighted by molar-refractivity contribution is -0.141. The molecule has 0 aromatic heterocycles. The fraction of sp³-hybridized carbons (Fsp3) is 0.333. The van der Waals surface area contributed by atoms with Gasteiger partial charge in [-0.25, -0.2) is 0 Å². The van der Waals surface area contributed by atoms with Gasteiger partial charge in [0.15, 0.2) is 0 Å². The van der Waals surface area contributed by atoms with E-state index in [1.807, 2.05) is 0 Å². The highest BCUT2D eigenvalue weighted by Gasteiger charge is 2.35. The molecule has 0 bridgehead atoms. The third-order valence-corrected chi connectivity index (χ3v) is 2.40. The van der Waals surface area contributed by atoms with Crippen molar-refractivity contribution in [1.82, 2.24) is 5.32 Å². The van der Waals surface area contributed by atoms with Crippen LogP contribution in [0.4, 0.5) is 13.2 Å². The van der Waals surface area contributed by atoms with Crippen LogP contribution < -0.4 is 5.32 Å². The fourth-order valence-electron chi connectivity index (χ4n) is 1.72. The number of alkyl halides is 3. The first kappa shape index (κ1) is 15.0. The molecule has 1 aromatic carbocycles. The topological polar surface area (TPSA) is 66.4 Å². The molecule has 19 heavy (non-hydrogen) atoms. The molecule has 0 aliphatic rings. The van der Waals surface area contributed by atoms with Gasteiger partial charge in [-0.3, -0.25) is 9.59 Å². The predicted octanol–water partition coefficient (Wildman–Crippen LogP) is 2.36. The summed E-state index contributed by atoms with van der Waals surface area (Å²) in [5.41, 5.74) is -1.21. The highest BCUT2D eigenvalue weighted by atomic mass is 19.4. The van der Waals surface area contributed by atoms with Crippen LogP contribution >= 0.6 is 0 Å². The summed E-state index contributed by atoms with van der Waals surface area (Å²) in [4.78, 5) is 21.7. The van der Waals surface area contributed by atoms with Crippen molar-refractivity contribution in [1.29, 1.82) is 0 Å². The van der Waals surface area contributed by atoms with Crippen molar-refractivity contribution in [3.8, 4) is 0 Å². The number of benzene rings is 1. The van der Waals surface area contributed by atoms with Gasteiger partial charge in [-0.2, -0.15) is 13.2 Å². The Labute approximate surface area is 107 Å². The summed E-state index contributed by atoms with van der Waals surface area (Å²) in [7, 11) is 0. The first-order chi connectivity index (χ1) is 8.71. The lowest BCUT2D eigenvalue weighted by Gasteiger charge is -2.21. The Morgan fingerprint density at radius 3 is 2.37 bits per heavy atom. The van der Waals surface area contributed by atoms with Gasteiger partial charge in [-0.15, -0.1) is 0 Å². The number of nitrogens with one attached hydrogen (secondary N) is 1. The maximum absolute atomic E-state index is 12.8. The zero-order valence-corrected chi connectivity index (χ0v) is 9.99. The molecule has 1 rings (SSSR count). The number of hydrogen-bond donors (Lipinski definition) is 2. The van der Waals surface area contributed by atoms with E-state index in [0.29, 0.717) is 0 Å². The number of halogens is 3. The van der Waals surface area contributed by atoms with Crippen molar-refractivity contribution in [3.05, 3.63) is 35.4 Å². The van der Waals surface area contributed by atoms with Gasteiger partial charge in [0.2, 0.25) is 5.91 Å². The number of rotatable bonds is 4. The van der Waals surface area contributed by atoms with E-state index in [-0.39, 0.29) is 5.56 Å². The van der Waals surface area contributed by atoms with Gasteiger partial charge >= 0.3 is 12.1 Å². The molecule has 1 amide bonds. The highest BCUT2D eigenvalue weighted by Crippen LogP contribution is 2.35. The van der Waals surface area contributed by atoms with Crippen LogP contribution in [0, 0.1) is 0 Å². The summed E-state index contributed by atoms with van der Waals surface area (Å²) < 4.78 is 38.5. The summed E-state index contributed by atoms with van der Waals surface area (Å²) in [5.74, 6) is -1.89. The van der Waals surface area contributed by atoms with Crippen molar-refractivity contribution in [3.63, 3.8) is 0 Å². The minimum atomic E-state index is -4.61. The van der Waals surface area contributed by atoms with E-state index in [9.17, 15) is 22.8 Å². The van der Waals surface area contributed by atoms with Crippen LogP contribution in [0.5, 0.6) is 0 Å². The number of amides is 1. The average molecular weight is 275 g/mol. The van der Waals surface area contributed by atoms with Gasteiger partial charge in [0, 0.05) is 6.92 Å². The van der Waals surface area contributed by atoms with Gasteiger partial charge in [-0.05, 0) is 11.6 Å². The summed E-state index contributed by atoms with van der Waals surface area (Å²) in [6.07, 6.45) is -5.22. The van der Waals surface area contributed by atoms with Crippen LogP contribution in [0.25, 0.3) is 0 Å². The molecule has 0 heterocycles. The Morgan fingerprint density at radius 1 is 1.32 bits per heavy atom. The van der Waals surface area contributed by atoms with Crippen molar-refractivity contribution >= 4 is 11.9 Å². The molecular formula is C12H12F3NO3. The SMILES string of the molecule is CC(=O)N[C@@H](CC(=O)O)c1ccccc1C(F)(F)F. The largest absolute Gasteiger partial charge is 0.481 e. The van der Waals surface area contributed by atoms with Gasteiger partial charge in [-0.1, -0.05) is 18.2 Å². The first-order valence-corrected chi connectivity index (χ1v) is 5.37. The lowest BCUT2D eigenvalue weighted by Crippen LogP contribution is -2.29. The van der Waals surface area contributed by atoms with E-state index in [1.54, 1.807) is 0 Å². The molecule has 0 aliphatic heterocycles. The van der Waals surface area contributed by atoms with Crippen LogP contribution in [0.3, 0.4) is 0 Å². The van der Waals surface area contributed by atoms with Crippen LogP contribution in [0.1, 0.15) is 30.5 Å². The number of carbonyl (C=O) groups is 2. The van der Waals surface area contributed by atoms with Gasteiger partial charge in [0.05, 0.1) is 18.0 Å². The van der Waals surface area contributed by atoms with Crippen molar-refractivity contribution < 1.29 is 27.9 Å². The fourth-order valence-corrected chi connectivity index (χ4v) is 1.72. The molecule has 4 nitrogen and oxygen atoms in total. The molecule has 7 heteroatoms. The predicted molar refractivity (Wildman–Crippen MR) is 60.3 cm³/mol. The molecule has 0 saturated heterocycles. The number of hydrogen-bond acceptors (Lipinski definition) is 2. The Balaban J connectivity index is 3.21. The molecule has 104 valence electrons. The van der Waals surface area contributed by atoms with E-state index in [1.165, 1.54) is 12.1 Å². The van der Waals surface area contributed by atoms with Gasteiger partial charge in [0.25, 0.3) is 0 Å². The van der Waals surface area contributed by atoms with Crippen molar-refractivity contribution in [2.45, 2.75) is 25.6 Å². The minimum Gasteiger partial charge on any atom is -0.481 e. The molecule has 0 saturated carbocycles. The summed E-state index contributed by atoms with van der Waals surface area (Å²) in [5, 5.41) is 10.9. The molecule has 0 aliphatic carbocycles. The number of carbonyl (C=O) groups excluding carboxylic acids is 1. The average Bonchev–Trinajstić information content (AvgIpc) is 2.25. The lowest BCUT2D eigenvalue weighted by atomic mass is 9.97. The zero-order chi connectivity index (χ0) is 14.6. The molecular weight excluding hydrogens is 263 g/mol. The molecule has 0 fully saturated rings. The second-order valence-electron chi connectivity index (χ2n) is 3.94. The molecule has 1 atom stereocenters. The molecule has 1 aromatic rings. The van der Waals surface area contributed by atoms with Gasteiger partial charge < -0.3 is 10.4 Å². The van der Waals surface area contributed by atoms with Crippen LogP contribution in [0.15, 0.2) is 24.3 Å². The van der Waals surface area contributed by atoms with E-state index in [4.69, 9.17) is 5.11 Å². The summed E-state index contributed by atoms with van der Waals surface area (Å²) >= 11 is 0. The van der Waals surface area contributed by atoms with Crippen LogP contribution in [-0.2, 0) is 15.8 Å². The summed E-state index contributed by atoms with van der Waals surface area (Å²) in [6, 6.07) is 3.37. The molecule has 0 unspecified atom stereocenters. The van der Waals surface area contributed by atoms with E-state index < -0.39 is 36.1 Å². The Hall–Kier alpha value is -2.05. The second-order valence-corrected chi connectivity index (χ2v) is 3.94. The maximum atomic E-state index is 12.8. The molecule has 0 spiro atoms. The monoisotopic (exact) mass is 275 g/mol. The Bertz CT molecular complexity index is 469. The zero-order valence-electron chi connectivity index (χ0n) is 9.99. The number of carboxylic acids is 1. The highest BCUT2D eigenvalue weighted by molar-refractivity contribution is 5.75. The van der Waals surface area contributed by atoms with Crippen LogP contribution in [-0.4, -0.2) is 17.0 Å². The van der Waals surface area contributed by atoms with Gasteiger partial charge in [0.1, 0.15) is 0 Å². The third kappa shape index (κ3) is 4.27. The normalized spacial score (nSPS) is 12.8. The second kappa shape index (κ2) is 5.73. The van der Waals surface area contributed by atoms with Crippen molar-refractivity contribution in [2.24, 2.45) is 0 Å². The maximum Gasteiger partial charge on any atom is 0.416 e. The summed E-state index contributed by atoms with van der Waals surface area (Å²) in [6.45, 7) is 1.12. The van der Waals surface area contributed by atoms with E-state index >= 15 is 0 Å². The van der Waals surface area contributed by atoms with Crippen LogP contribution in [0.2, 0.25) is 0 Å². The van der Waals surface area contributed by atoms with Crippen molar-refractivity contribution in [2.75, 3.05) is 0 Å².